The second-order valence-corrected chi connectivity index (χ2v) is 3.58. The molecule has 1 atom stereocenters. The topological polar surface area (TPSA) is 44.5 Å². The fourth-order valence-corrected chi connectivity index (χ4v) is 1.13. The zero-order valence-electron chi connectivity index (χ0n) is 9.33. The smallest absolute Gasteiger partial charge is 0.411 e. The molecule has 0 radical (unpaired) electrons. The van der Waals surface area contributed by atoms with Gasteiger partial charge in [0.05, 0.1) is 0 Å². The monoisotopic (exact) mass is 249 g/mol. The van der Waals surface area contributed by atoms with Gasteiger partial charge in [0.2, 0.25) is 0 Å². The Labute approximate surface area is 97.3 Å². The van der Waals surface area contributed by atoms with Gasteiger partial charge in [-0.25, -0.2) is 0 Å². The molecule has 0 aliphatic rings. The van der Waals surface area contributed by atoms with Crippen molar-refractivity contribution in [2.75, 3.05) is 13.4 Å². The first kappa shape index (κ1) is 13.8. The quantitative estimate of drug-likeness (QED) is 0.644. The van der Waals surface area contributed by atoms with Crippen LogP contribution in [0, 0.1) is 0 Å². The third-order valence-electron chi connectivity index (χ3n) is 1.98. The van der Waals surface area contributed by atoms with Gasteiger partial charge in [-0.3, -0.25) is 0 Å². The molecule has 1 aromatic carbocycles. The van der Waals surface area contributed by atoms with Crippen molar-refractivity contribution in [2.45, 2.75) is 19.1 Å². The van der Waals surface area contributed by atoms with Crippen molar-refractivity contribution in [1.82, 2.24) is 0 Å². The third kappa shape index (κ3) is 5.55. The molecule has 0 aromatic heterocycles. The zero-order valence-corrected chi connectivity index (χ0v) is 9.33. The second kappa shape index (κ2) is 5.88. The number of hydrogen-bond acceptors (Lipinski definition) is 3. The summed E-state index contributed by atoms with van der Waals surface area (Å²) in [5, 5.41) is 0. The van der Waals surface area contributed by atoms with Crippen LogP contribution in [-0.4, -0.2) is 19.6 Å². The van der Waals surface area contributed by atoms with E-state index in [1.54, 1.807) is 24.3 Å². The van der Waals surface area contributed by atoms with Gasteiger partial charge < -0.3 is 15.2 Å². The van der Waals surface area contributed by atoms with Gasteiger partial charge in [0.1, 0.15) is 12.4 Å². The standard InChI is InChI=1S/C11H14F3NO2/c1-8(15)9-2-4-10(5-3-9)17-7-16-6-11(12,13)14/h2-5,8H,6-7,15H2,1H3/t8-/m1/s1. The van der Waals surface area contributed by atoms with E-state index in [0.29, 0.717) is 5.75 Å². The number of alkyl halides is 3. The molecule has 0 amide bonds. The van der Waals surface area contributed by atoms with E-state index >= 15 is 0 Å². The SMILES string of the molecule is C[C@@H](N)c1ccc(OCOCC(F)(F)F)cc1. The predicted octanol–water partition coefficient (Wildman–Crippen LogP) is 2.62. The lowest BCUT2D eigenvalue weighted by atomic mass is 10.1. The first-order chi connectivity index (χ1) is 7.88. The average Bonchev–Trinajstić information content (AvgIpc) is 2.24. The van der Waals surface area contributed by atoms with Crippen LogP contribution in [0.3, 0.4) is 0 Å². The van der Waals surface area contributed by atoms with E-state index in [1.807, 2.05) is 6.92 Å². The molecule has 0 aliphatic carbocycles. The fourth-order valence-electron chi connectivity index (χ4n) is 1.13. The first-order valence-electron chi connectivity index (χ1n) is 5.01. The Morgan fingerprint density at radius 1 is 1.24 bits per heavy atom. The van der Waals surface area contributed by atoms with Crippen molar-refractivity contribution in [1.29, 1.82) is 0 Å². The van der Waals surface area contributed by atoms with E-state index in [9.17, 15) is 13.2 Å². The summed E-state index contributed by atoms with van der Waals surface area (Å²) in [7, 11) is 0. The molecule has 6 heteroatoms. The molecule has 0 aliphatic heterocycles. The highest BCUT2D eigenvalue weighted by atomic mass is 19.4. The molecule has 0 unspecified atom stereocenters. The van der Waals surface area contributed by atoms with Crippen LogP contribution in [0.25, 0.3) is 0 Å². The minimum Gasteiger partial charge on any atom is -0.468 e. The summed E-state index contributed by atoms with van der Waals surface area (Å²) in [6.07, 6.45) is -4.33. The highest BCUT2D eigenvalue weighted by Gasteiger charge is 2.27. The molecule has 96 valence electrons. The summed E-state index contributed by atoms with van der Waals surface area (Å²) in [5.74, 6) is 0.441. The van der Waals surface area contributed by atoms with Gasteiger partial charge in [0.25, 0.3) is 0 Å². The van der Waals surface area contributed by atoms with Crippen molar-refractivity contribution in [3.8, 4) is 5.75 Å². The van der Waals surface area contributed by atoms with Crippen molar-refractivity contribution in [3.05, 3.63) is 29.8 Å². The molecule has 3 nitrogen and oxygen atoms in total. The van der Waals surface area contributed by atoms with E-state index in [0.717, 1.165) is 5.56 Å². The lowest BCUT2D eigenvalue weighted by molar-refractivity contribution is -0.186. The van der Waals surface area contributed by atoms with Crippen molar-refractivity contribution < 1.29 is 22.6 Å². The van der Waals surface area contributed by atoms with Gasteiger partial charge in [-0.1, -0.05) is 12.1 Å². The predicted molar refractivity (Wildman–Crippen MR) is 56.5 cm³/mol. The van der Waals surface area contributed by atoms with E-state index in [4.69, 9.17) is 10.5 Å². The highest BCUT2D eigenvalue weighted by molar-refractivity contribution is 5.28. The molecule has 0 fully saturated rings. The van der Waals surface area contributed by atoms with Crippen LogP contribution in [0.4, 0.5) is 13.2 Å². The molecule has 0 spiro atoms. The first-order valence-corrected chi connectivity index (χ1v) is 5.01. The Morgan fingerprint density at radius 2 is 1.82 bits per heavy atom. The summed E-state index contributed by atoms with van der Waals surface area (Å²) in [4.78, 5) is 0. The maximum atomic E-state index is 11.7. The lowest BCUT2D eigenvalue weighted by Crippen LogP contribution is -2.19. The van der Waals surface area contributed by atoms with Crippen molar-refractivity contribution >= 4 is 0 Å². The largest absolute Gasteiger partial charge is 0.468 e. The Kier molecular flexibility index (Phi) is 4.77. The Balaban J connectivity index is 2.33. The minimum atomic E-state index is -4.33. The van der Waals surface area contributed by atoms with E-state index in [2.05, 4.69) is 4.74 Å². The number of benzene rings is 1. The Morgan fingerprint density at radius 3 is 2.29 bits per heavy atom. The molecule has 0 saturated carbocycles. The van der Waals surface area contributed by atoms with Crippen LogP contribution in [0.15, 0.2) is 24.3 Å². The number of halogens is 3. The maximum absolute atomic E-state index is 11.7. The van der Waals surface area contributed by atoms with Gasteiger partial charge in [0.15, 0.2) is 6.79 Å². The molecule has 2 N–H and O–H groups in total. The van der Waals surface area contributed by atoms with E-state index in [-0.39, 0.29) is 6.04 Å². The number of rotatable bonds is 5. The molecule has 0 heterocycles. The Bertz CT molecular complexity index is 336. The van der Waals surface area contributed by atoms with Crippen LogP contribution in [-0.2, 0) is 4.74 Å². The number of ether oxygens (including phenoxy) is 2. The minimum absolute atomic E-state index is 0.0921. The van der Waals surface area contributed by atoms with Crippen molar-refractivity contribution in [3.63, 3.8) is 0 Å². The van der Waals surface area contributed by atoms with E-state index < -0.39 is 19.6 Å². The molecular formula is C11H14F3NO2. The Hall–Kier alpha value is -1.27. The van der Waals surface area contributed by atoms with Crippen molar-refractivity contribution in [2.24, 2.45) is 5.73 Å². The number of nitrogens with two attached hydrogens (primary N) is 1. The molecule has 1 rings (SSSR count). The molecule has 0 bridgehead atoms. The van der Waals surface area contributed by atoms with Gasteiger partial charge >= 0.3 is 6.18 Å². The van der Waals surface area contributed by atoms with Gasteiger partial charge in [0, 0.05) is 6.04 Å². The van der Waals surface area contributed by atoms with Crippen LogP contribution in [0.5, 0.6) is 5.75 Å². The highest BCUT2D eigenvalue weighted by Crippen LogP contribution is 2.17. The molecule has 1 aromatic rings. The zero-order chi connectivity index (χ0) is 12.9. The van der Waals surface area contributed by atoms with Gasteiger partial charge in [-0.05, 0) is 24.6 Å². The van der Waals surface area contributed by atoms with Crippen LogP contribution >= 0.6 is 0 Å². The van der Waals surface area contributed by atoms with Gasteiger partial charge in [-0.2, -0.15) is 13.2 Å². The summed E-state index contributed by atoms with van der Waals surface area (Å²) < 4.78 is 44.5. The molecule has 0 saturated heterocycles. The van der Waals surface area contributed by atoms with Gasteiger partial charge in [-0.15, -0.1) is 0 Å². The summed E-state index contributed by atoms with van der Waals surface area (Å²) in [6.45, 7) is 0.0876. The summed E-state index contributed by atoms with van der Waals surface area (Å²) in [5.41, 5.74) is 6.57. The van der Waals surface area contributed by atoms with Crippen LogP contribution < -0.4 is 10.5 Å². The summed E-state index contributed by atoms with van der Waals surface area (Å²) in [6, 6.07) is 6.68. The molecular weight excluding hydrogens is 235 g/mol. The maximum Gasteiger partial charge on any atom is 0.411 e. The molecule has 17 heavy (non-hydrogen) atoms. The second-order valence-electron chi connectivity index (χ2n) is 3.58. The number of hydrogen-bond donors (Lipinski definition) is 1. The summed E-state index contributed by atoms with van der Waals surface area (Å²) >= 11 is 0. The third-order valence-corrected chi connectivity index (χ3v) is 1.98. The lowest BCUT2D eigenvalue weighted by Gasteiger charge is -2.10. The van der Waals surface area contributed by atoms with Crippen LogP contribution in [0.2, 0.25) is 0 Å². The fraction of sp³-hybridized carbons (Fsp3) is 0.455. The van der Waals surface area contributed by atoms with Crippen LogP contribution in [0.1, 0.15) is 18.5 Å². The normalized spacial score (nSPS) is 13.5. The van der Waals surface area contributed by atoms with E-state index in [1.165, 1.54) is 0 Å². The average molecular weight is 249 g/mol.